The Balaban J connectivity index is 1.80. The SMILES string of the molecule is CCN(Cc1cccc(F)c1)Cn1nc(-c2cccc([N+](=O)[O-])c2)oc1=S. The van der Waals surface area contributed by atoms with Gasteiger partial charge in [0.1, 0.15) is 5.82 Å². The maximum Gasteiger partial charge on any atom is 0.288 e. The Bertz CT molecular complexity index is 1020. The lowest BCUT2D eigenvalue weighted by molar-refractivity contribution is -0.384. The van der Waals surface area contributed by atoms with Gasteiger partial charge in [0.25, 0.3) is 10.5 Å². The molecule has 0 saturated carbocycles. The molecule has 1 aromatic heterocycles. The van der Waals surface area contributed by atoms with Crippen LogP contribution in [0.25, 0.3) is 11.5 Å². The minimum atomic E-state index is -0.479. The molecule has 0 unspecified atom stereocenters. The predicted molar refractivity (Wildman–Crippen MR) is 99.9 cm³/mol. The number of nitro groups is 1. The molecule has 0 atom stereocenters. The van der Waals surface area contributed by atoms with Gasteiger partial charge in [-0.05, 0) is 42.5 Å². The van der Waals surface area contributed by atoms with E-state index in [0.29, 0.717) is 25.3 Å². The maximum absolute atomic E-state index is 13.4. The van der Waals surface area contributed by atoms with E-state index in [1.165, 1.54) is 28.9 Å². The molecule has 9 heteroatoms. The van der Waals surface area contributed by atoms with E-state index in [-0.39, 0.29) is 22.2 Å². The highest BCUT2D eigenvalue weighted by Gasteiger charge is 2.14. The molecule has 0 fully saturated rings. The van der Waals surface area contributed by atoms with E-state index in [1.54, 1.807) is 18.2 Å². The summed E-state index contributed by atoms with van der Waals surface area (Å²) in [6.45, 7) is 3.54. The fraction of sp³-hybridized carbons (Fsp3) is 0.222. The first-order chi connectivity index (χ1) is 13.0. The van der Waals surface area contributed by atoms with E-state index < -0.39 is 4.92 Å². The zero-order valence-corrected chi connectivity index (χ0v) is 15.4. The van der Waals surface area contributed by atoms with E-state index in [2.05, 4.69) is 5.10 Å². The van der Waals surface area contributed by atoms with Gasteiger partial charge in [0.05, 0.1) is 11.6 Å². The van der Waals surface area contributed by atoms with Crippen LogP contribution in [-0.2, 0) is 13.2 Å². The summed E-state index contributed by atoms with van der Waals surface area (Å²) in [6.07, 6.45) is 0. The Morgan fingerprint density at radius 3 is 2.78 bits per heavy atom. The molecule has 0 aliphatic rings. The standard InChI is InChI=1S/C18H17FN4O3S/c1-2-21(11-13-5-3-7-15(19)9-13)12-22-18(27)26-17(20-22)14-6-4-8-16(10-14)23(24)25/h3-10H,2,11-12H2,1H3. The van der Waals surface area contributed by atoms with Crippen molar-refractivity contribution in [2.45, 2.75) is 20.1 Å². The van der Waals surface area contributed by atoms with Crippen molar-refractivity contribution in [2.24, 2.45) is 0 Å². The number of rotatable bonds is 7. The van der Waals surface area contributed by atoms with E-state index >= 15 is 0 Å². The van der Waals surface area contributed by atoms with Gasteiger partial charge in [-0.1, -0.05) is 25.1 Å². The van der Waals surface area contributed by atoms with Gasteiger partial charge in [-0.2, -0.15) is 0 Å². The highest BCUT2D eigenvalue weighted by Crippen LogP contribution is 2.23. The minimum absolute atomic E-state index is 0.0514. The predicted octanol–water partition coefficient (Wildman–Crippen LogP) is 4.40. The first kappa shape index (κ1) is 18.9. The van der Waals surface area contributed by atoms with Crippen LogP contribution in [0.2, 0.25) is 0 Å². The lowest BCUT2D eigenvalue weighted by atomic mass is 10.2. The average Bonchev–Trinajstić information content (AvgIpc) is 3.02. The number of nitrogens with zero attached hydrogens (tertiary/aromatic N) is 4. The summed E-state index contributed by atoms with van der Waals surface area (Å²) in [6, 6.07) is 12.4. The van der Waals surface area contributed by atoms with Gasteiger partial charge in [-0.3, -0.25) is 15.0 Å². The van der Waals surface area contributed by atoms with Crippen LogP contribution >= 0.6 is 12.2 Å². The number of hydrogen-bond donors (Lipinski definition) is 0. The molecule has 0 radical (unpaired) electrons. The van der Waals surface area contributed by atoms with E-state index in [4.69, 9.17) is 16.6 Å². The molecular formula is C18H17FN4O3S. The second kappa shape index (κ2) is 8.19. The number of nitro benzene ring substituents is 1. The fourth-order valence-corrected chi connectivity index (χ4v) is 2.79. The molecule has 27 heavy (non-hydrogen) atoms. The van der Waals surface area contributed by atoms with Crippen LogP contribution in [0, 0.1) is 20.8 Å². The Labute approximate surface area is 159 Å². The van der Waals surface area contributed by atoms with Crippen molar-refractivity contribution in [1.82, 2.24) is 14.7 Å². The maximum atomic E-state index is 13.4. The Morgan fingerprint density at radius 2 is 2.07 bits per heavy atom. The number of aromatic nitrogens is 2. The quantitative estimate of drug-likeness (QED) is 0.339. The van der Waals surface area contributed by atoms with E-state index in [9.17, 15) is 14.5 Å². The topological polar surface area (TPSA) is 77.3 Å². The third-order valence-electron chi connectivity index (χ3n) is 3.99. The van der Waals surface area contributed by atoms with E-state index in [0.717, 1.165) is 5.56 Å². The summed E-state index contributed by atoms with van der Waals surface area (Å²) < 4.78 is 20.4. The fourth-order valence-electron chi connectivity index (χ4n) is 2.61. The zero-order valence-electron chi connectivity index (χ0n) is 14.5. The van der Waals surface area contributed by atoms with Crippen LogP contribution in [0.3, 0.4) is 0 Å². The lowest BCUT2D eigenvalue weighted by Gasteiger charge is -2.19. The normalized spacial score (nSPS) is 11.1. The Hall–Kier alpha value is -2.91. The molecule has 0 saturated heterocycles. The average molecular weight is 388 g/mol. The van der Waals surface area contributed by atoms with Crippen molar-refractivity contribution in [1.29, 1.82) is 0 Å². The van der Waals surface area contributed by atoms with Crippen molar-refractivity contribution < 1.29 is 13.7 Å². The second-order valence-electron chi connectivity index (χ2n) is 5.90. The summed E-state index contributed by atoms with van der Waals surface area (Å²) in [5, 5.41) is 15.3. The van der Waals surface area contributed by atoms with Gasteiger partial charge < -0.3 is 4.42 Å². The van der Waals surface area contributed by atoms with E-state index in [1.807, 2.05) is 17.9 Å². The molecule has 3 aromatic rings. The van der Waals surface area contributed by atoms with Gasteiger partial charge in [0, 0.05) is 24.2 Å². The molecule has 0 aliphatic carbocycles. The summed E-state index contributed by atoms with van der Waals surface area (Å²) in [7, 11) is 0. The molecule has 0 aliphatic heterocycles. The lowest BCUT2D eigenvalue weighted by Crippen LogP contribution is -2.26. The van der Waals surface area contributed by atoms with Gasteiger partial charge in [-0.15, -0.1) is 5.10 Å². The molecule has 3 rings (SSSR count). The monoisotopic (exact) mass is 388 g/mol. The third-order valence-corrected chi connectivity index (χ3v) is 4.28. The first-order valence-corrected chi connectivity index (χ1v) is 8.66. The highest BCUT2D eigenvalue weighted by atomic mass is 32.1. The highest BCUT2D eigenvalue weighted by molar-refractivity contribution is 7.71. The first-order valence-electron chi connectivity index (χ1n) is 8.26. The van der Waals surface area contributed by atoms with Crippen LogP contribution < -0.4 is 0 Å². The minimum Gasteiger partial charge on any atom is -0.409 e. The van der Waals surface area contributed by atoms with Gasteiger partial charge >= 0.3 is 0 Å². The molecular weight excluding hydrogens is 371 g/mol. The zero-order chi connectivity index (χ0) is 19.4. The number of hydrogen-bond acceptors (Lipinski definition) is 6. The van der Waals surface area contributed by atoms with Crippen molar-refractivity contribution in [3.05, 3.63) is 74.9 Å². The summed E-state index contributed by atoms with van der Waals surface area (Å²) in [5.74, 6) is -0.0694. The van der Waals surface area contributed by atoms with Crippen LogP contribution in [0.15, 0.2) is 52.9 Å². The largest absolute Gasteiger partial charge is 0.409 e. The molecule has 7 nitrogen and oxygen atoms in total. The Kier molecular flexibility index (Phi) is 5.72. The van der Waals surface area contributed by atoms with Crippen molar-refractivity contribution >= 4 is 17.9 Å². The number of benzene rings is 2. The summed E-state index contributed by atoms with van der Waals surface area (Å²) >= 11 is 5.22. The molecule has 0 bridgehead atoms. The molecule has 1 heterocycles. The molecule has 0 amide bonds. The molecule has 0 N–H and O–H groups in total. The van der Waals surface area contributed by atoms with Crippen molar-refractivity contribution in [2.75, 3.05) is 6.54 Å². The number of non-ortho nitro benzene ring substituents is 1. The molecule has 140 valence electrons. The third kappa shape index (κ3) is 4.63. The summed E-state index contributed by atoms with van der Waals surface area (Å²) in [4.78, 5) is 12.6. The smallest absolute Gasteiger partial charge is 0.288 e. The van der Waals surface area contributed by atoms with Gasteiger partial charge in [-0.25, -0.2) is 9.07 Å². The van der Waals surface area contributed by atoms with Crippen LogP contribution in [0.4, 0.5) is 10.1 Å². The second-order valence-corrected chi connectivity index (χ2v) is 6.25. The summed E-state index contributed by atoms with van der Waals surface area (Å²) in [5.41, 5.74) is 1.26. The van der Waals surface area contributed by atoms with Gasteiger partial charge in [0.2, 0.25) is 5.89 Å². The van der Waals surface area contributed by atoms with Crippen LogP contribution in [0.1, 0.15) is 12.5 Å². The molecule has 2 aromatic carbocycles. The van der Waals surface area contributed by atoms with Crippen molar-refractivity contribution in [3.8, 4) is 11.5 Å². The molecule has 0 spiro atoms. The Morgan fingerprint density at radius 1 is 1.30 bits per heavy atom. The number of halogens is 1. The van der Waals surface area contributed by atoms with Gasteiger partial charge in [0.15, 0.2) is 0 Å². The van der Waals surface area contributed by atoms with Crippen LogP contribution in [0.5, 0.6) is 0 Å². The van der Waals surface area contributed by atoms with Crippen molar-refractivity contribution in [3.63, 3.8) is 0 Å². The van der Waals surface area contributed by atoms with Crippen LogP contribution in [-0.4, -0.2) is 26.1 Å².